The SMILES string of the molecule is COCCn1ccc(NC(=O)C(CC2CCCC2)c2ccc(S(C)(=O)=O)c(C)c2)n1. The molecule has 0 bridgehead atoms. The van der Waals surface area contributed by atoms with Crippen molar-refractivity contribution < 1.29 is 17.9 Å². The van der Waals surface area contributed by atoms with Crippen molar-refractivity contribution in [2.24, 2.45) is 5.92 Å². The molecule has 0 aliphatic heterocycles. The minimum atomic E-state index is -3.30. The second-order valence-corrected chi connectivity index (χ2v) is 10.2. The predicted octanol–water partition coefficient (Wildman–Crippen LogP) is 3.54. The Labute approximate surface area is 178 Å². The number of amides is 1. The first kappa shape index (κ1) is 22.5. The molecule has 1 heterocycles. The maximum Gasteiger partial charge on any atom is 0.233 e. The average Bonchev–Trinajstić information content (AvgIpc) is 3.35. The van der Waals surface area contributed by atoms with Gasteiger partial charge in [0.05, 0.1) is 24.0 Å². The number of aromatic nitrogens is 2. The van der Waals surface area contributed by atoms with E-state index in [0.717, 1.165) is 24.8 Å². The van der Waals surface area contributed by atoms with Gasteiger partial charge in [0.15, 0.2) is 15.7 Å². The number of rotatable bonds is 9. The molecule has 1 aromatic heterocycles. The molecule has 1 aliphatic rings. The number of sulfone groups is 1. The molecule has 3 rings (SSSR count). The average molecular weight is 434 g/mol. The van der Waals surface area contributed by atoms with Gasteiger partial charge < -0.3 is 10.1 Å². The Hall–Kier alpha value is -2.19. The van der Waals surface area contributed by atoms with Crippen LogP contribution in [-0.2, 0) is 25.9 Å². The van der Waals surface area contributed by atoms with Gasteiger partial charge in [-0.3, -0.25) is 9.48 Å². The fourth-order valence-electron chi connectivity index (χ4n) is 4.23. The lowest BCUT2D eigenvalue weighted by Crippen LogP contribution is -2.24. The number of carbonyl (C=O) groups excluding carboxylic acids is 1. The van der Waals surface area contributed by atoms with Crippen molar-refractivity contribution in [1.82, 2.24) is 9.78 Å². The quantitative estimate of drug-likeness (QED) is 0.653. The number of hydrogen-bond acceptors (Lipinski definition) is 5. The number of benzene rings is 1. The van der Waals surface area contributed by atoms with Crippen LogP contribution in [0.25, 0.3) is 0 Å². The van der Waals surface area contributed by atoms with Crippen LogP contribution in [0, 0.1) is 12.8 Å². The van der Waals surface area contributed by atoms with Crippen molar-refractivity contribution in [1.29, 1.82) is 0 Å². The molecule has 0 spiro atoms. The van der Waals surface area contributed by atoms with Crippen LogP contribution in [0.15, 0.2) is 35.4 Å². The largest absolute Gasteiger partial charge is 0.383 e. The van der Waals surface area contributed by atoms with Crippen LogP contribution in [0.3, 0.4) is 0 Å². The maximum absolute atomic E-state index is 13.2. The second-order valence-electron chi connectivity index (χ2n) is 8.18. The number of aryl methyl sites for hydroxylation is 1. The van der Waals surface area contributed by atoms with Gasteiger partial charge in [0.2, 0.25) is 5.91 Å². The van der Waals surface area contributed by atoms with Crippen molar-refractivity contribution in [3.05, 3.63) is 41.6 Å². The van der Waals surface area contributed by atoms with E-state index in [1.165, 1.54) is 19.1 Å². The molecule has 1 N–H and O–H groups in total. The lowest BCUT2D eigenvalue weighted by atomic mass is 9.86. The van der Waals surface area contributed by atoms with Crippen molar-refractivity contribution in [3.63, 3.8) is 0 Å². The van der Waals surface area contributed by atoms with Gasteiger partial charge in [0, 0.05) is 25.6 Å². The van der Waals surface area contributed by atoms with Gasteiger partial charge in [-0.25, -0.2) is 8.42 Å². The van der Waals surface area contributed by atoms with Gasteiger partial charge >= 0.3 is 0 Å². The van der Waals surface area contributed by atoms with E-state index in [0.29, 0.717) is 35.3 Å². The van der Waals surface area contributed by atoms with Crippen LogP contribution in [0.1, 0.15) is 49.1 Å². The van der Waals surface area contributed by atoms with Crippen LogP contribution < -0.4 is 5.32 Å². The molecular formula is C22H31N3O4S. The molecular weight excluding hydrogens is 402 g/mol. The number of nitrogens with one attached hydrogen (secondary N) is 1. The number of hydrogen-bond donors (Lipinski definition) is 1. The molecule has 1 fully saturated rings. The zero-order valence-electron chi connectivity index (χ0n) is 17.9. The Morgan fingerprint density at radius 2 is 2.03 bits per heavy atom. The molecule has 30 heavy (non-hydrogen) atoms. The highest BCUT2D eigenvalue weighted by Gasteiger charge is 2.28. The van der Waals surface area contributed by atoms with Crippen molar-refractivity contribution in [2.75, 3.05) is 25.3 Å². The Morgan fingerprint density at radius 1 is 1.30 bits per heavy atom. The van der Waals surface area contributed by atoms with Crippen molar-refractivity contribution in [3.8, 4) is 0 Å². The number of methoxy groups -OCH3 is 1. The van der Waals surface area contributed by atoms with Crippen molar-refractivity contribution in [2.45, 2.75) is 56.4 Å². The highest BCUT2D eigenvalue weighted by molar-refractivity contribution is 7.90. The zero-order chi connectivity index (χ0) is 21.7. The molecule has 1 amide bonds. The molecule has 0 radical (unpaired) electrons. The van der Waals surface area contributed by atoms with E-state index in [-0.39, 0.29) is 11.8 Å². The minimum Gasteiger partial charge on any atom is -0.383 e. The Morgan fingerprint density at radius 3 is 2.67 bits per heavy atom. The zero-order valence-corrected chi connectivity index (χ0v) is 18.7. The fourth-order valence-corrected chi connectivity index (χ4v) is 5.19. The maximum atomic E-state index is 13.2. The molecule has 0 saturated heterocycles. The first-order valence-corrected chi connectivity index (χ1v) is 12.3. The summed E-state index contributed by atoms with van der Waals surface area (Å²) in [5.74, 6) is 0.571. The summed E-state index contributed by atoms with van der Waals surface area (Å²) in [6.07, 6.45) is 8.45. The van der Waals surface area contributed by atoms with Gasteiger partial charge in [0.25, 0.3) is 0 Å². The van der Waals surface area contributed by atoms with Crippen LogP contribution >= 0.6 is 0 Å². The van der Waals surface area contributed by atoms with Crippen LogP contribution in [0.4, 0.5) is 5.82 Å². The third kappa shape index (κ3) is 5.70. The van der Waals surface area contributed by atoms with Crippen LogP contribution in [0.5, 0.6) is 0 Å². The molecule has 1 unspecified atom stereocenters. The van der Waals surface area contributed by atoms with Gasteiger partial charge in [-0.15, -0.1) is 0 Å². The molecule has 7 nitrogen and oxygen atoms in total. The molecule has 1 aromatic carbocycles. The van der Waals surface area contributed by atoms with Crippen LogP contribution in [0.2, 0.25) is 0 Å². The highest BCUT2D eigenvalue weighted by atomic mass is 32.2. The second kappa shape index (κ2) is 9.75. The summed E-state index contributed by atoms with van der Waals surface area (Å²) >= 11 is 0. The molecule has 164 valence electrons. The lowest BCUT2D eigenvalue weighted by molar-refractivity contribution is -0.118. The van der Waals surface area contributed by atoms with E-state index < -0.39 is 9.84 Å². The summed E-state index contributed by atoms with van der Waals surface area (Å²) in [6.45, 7) is 2.94. The monoisotopic (exact) mass is 433 g/mol. The van der Waals surface area contributed by atoms with E-state index in [2.05, 4.69) is 10.4 Å². The summed E-state index contributed by atoms with van der Waals surface area (Å²) in [7, 11) is -1.66. The fraction of sp³-hybridized carbons (Fsp3) is 0.545. The topological polar surface area (TPSA) is 90.3 Å². The molecule has 2 aromatic rings. The van der Waals surface area contributed by atoms with Gasteiger partial charge in [-0.05, 0) is 36.5 Å². The third-order valence-electron chi connectivity index (χ3n) is 5.78. The molecule has 1 atom stereocenters. The standard InChI is InChI=1S/C22H31N3O4S/c1-16-14-18(8-9-20(16)30(3,27)28)19(15-17-6-4-5-7-17)22(26)23-21-10-11-25(24-21)12-13-29-2/h8-11,14,17,19H,4-7,12-13,15H2,1-3H3,(H,23,24,26). The summed E-state index contributed by atoms with van der Waals surface area (Å²) in [5, 5.41) is 7.33. The van der Waals surface area contributed by atoms with Crippen molar-refractivity contribution >= 4 is 21.6 Å². The summed E-state index contributed by atoms with van der Waals surface area (Å²) < 4.78 is 30.7. The van der Waals surface area contributed by atoms with E-state index in [1.807, 2.05) is 12.3 Å². The van der Waals surface area contributed by atoms with Gasteiger partial charge in [-0.2, -0.15) is 5.10 Å². The van der Waals surface area contributed by atoms with E-state index >= 15 is 0 Å². The normalized spacial score (nSPS) is 16.0. The molecule has 1 saturated carbocycles. The summed E-state index contributed by atoms with van der Waals surface area (Å²) in [4.78, 5) is 13.5. The minimum absolute atomic E-state index is 0.106. The Bertz CT molecular complexity index is 978. The smallest absolute Gasteiger partial charge is 0.233 e. The van der Waals surface area contributed by atoms with Crippen LogP contribution in [-0.4, -0.2) is 44.1 Å². The first-order valence-electron chi connectivity index (χ1n) is 10.4. The number of ether oxygens (including phenoxy) is 1. The Balaban J connectivity index is 1.82. The van der Waals surface area contributed by atoms with E-state index in [9.17, 15) is 13.2 Å². The number of nitrogens with zero attached hydrogens (tertiary/aromatic N) is 2. The summed E-state index contributed by atoms with van der Waals surface area (Å²) in [6, 6.07) is 7.01. The number of carbonyl (C=O) groups is 1. The first-order chi connectivity index (χ1) is 14.3. The molecule has 8 heteroatoms. The van der Waals surface area contributed by atoms with E-state index in [4.69, 9.17) is 4.74 Å². The Kier molecular flexibility index (Phi) is 7.31. The van der Waals surface area contributed by atoms with E-state index in [1.54, 1.807) is 36.9 Å². The molecule has 1 aliphatic carbocycles. The van der Waals surface area contributed by atoms with Gasteiger partial charge in [0.1, 0.15) is 0 Å². The summed E-state index contributed by atoms with van der Waals surface area (Å²) in [5.41, 5.74) is 1.52. The third-order valence-corrected chi connectivity index (χ3v) is 7.03. The van der Waals surface area contributed by atoms with Gasteiger partial charge in [-0.1, -0.05) is 37.8 Å². The highest BCUT2D eigenvalue weighted by Crippen LogP contribution is 2.35. The lowest BCUT2D eigenvalue weighted by Gasteiger charge is -2.21. The predicted molar refractivity (Wildman–Crippen MR) is 116 cm³/mol. The number of anilines is 1.